The van der Waals surface area contributed by atoms with E-state index in [-0.39, 0.29) is 6.04 Å². The van der Waals surface area contributed by atoms with Gasteiger partial charge in [0.15, 0.2) is 0 Å². The quantitative estimate of drug-likeness (QED) is 0.508. The first-order valence-electron chi connectivity index (χ1n) is 8.84. The molecule has 0 aliphatic carbocycles. The molecular formula is C20H19N5O2. The number of piperidine rings is 1. The van der Waals surface area contributed by atoms with E-state index in [0.29, 0.717) is 17.0 Å². The number of rotatable bonds is 2. The molecule has 4 rings (SSSR count). The molecule has 7 heteroatoms. The molecule has 136 valence electrons. The SMILES string of the molecule is C#Cc1ccc2c(c1)n(C)c(=O)c(=O)n2C1CCN(c2ncccn2)CC1. The van der Waals surface area contributed by atoms with Crippen LogP contribution in [0, 0.1) is 12.3 Å². The van der Waals surface area contributed by atoms with E-state index in [1.165, 1.54) is 4.57 Å². The fourth-order valence-corrected chi connectivity index (χ4v) is 3.69. The standard InChI is InChI=1S/C20H19N5O2/c1-3-14-5-6-16-17(13-14)23(2)18(26)19(27)25(16)15-7-11-24(12-8-15)20-21-9-4-10-22-20/h1,4-6,9-10,13,15H,7-8,11-12H2,2H3. The first-order chi connectivity index (χ1) is 13.1. The third-order valence-corrected chi connectivity index (χ3v) is 5.13. The number of nitrogens with zero attached hydrogens (tertiary/aromatic N) is 5. The van der Waals surface area contributed by atoms with Gasteiger partial charge in [0.05, 0.1) is 11.0 Å². The molecule has 1 fully saturated rings. The van der Waals surface area contributed by atoms with Crippen molar-refractivity contribution >= 4 is 17.0 Å². The second-order valence-electron chi connectivity index (χ2n) is 6.65. The molecule has 7 nitrogen and oxygen atoms in total. The Bertz CT molecular complexity index is 1150. The number of hydrogen-bond acceptors (Lipinski definition) is 5. The lowest BCUT2D eigenvalue weighted by Crippen LogP contribution is -2.45. The average molecular weight is 361 g/mol. The zero-order chi connectivity index (χ0) is 19.0. The second-order valence-corrected chi connectivity index (χ2v) is 6.65. The summed E-state index contributed by atoms with van der Waals surface area (Å²) in [5.74, 6) is 3.27. The van der Waals surface area contributed by atoms with Crippen LogP contribution in [-0.4, -0.2) is 32.2 Å². The summed E-state index contributed by atoms with van der Waals surface area (Å²) in [6.07, 6.45) is 10.4. The van der Waals surface area contributed by atoms with Crippen LogP contribution in [0.1, 0.15) is 24.4 Å². The molecule has 1 saturated heterocycles. The topological polar surface area (TPSA) is 73.0 Å². The lowest BCUT2D eigenvalue weighted by Gasteiger charge is -2.33. The van der Waals surface area contributed by atoms with E-state index in [1.807, 2.05) is 6.07 Å². The van der Waals surface area contributed by atoms with Crippen LogP contribution in [-0.2, 0) is 7.05 Å². The Balaban J connectivity index is 1.74. The number of aromatic nitrogens is 4. The smallest absolute Gasteiger partial charge is 0.317 e. The van der Waals surface area contributed by atoms with Gasteiger partial charge in [-0.25, -0.2) is 9.97 Å². The highest BCUT2D eigenvalue weighted by Crippen LogP contribution is 2.26. The zero-order valence-electron chi connectivity index (χ0n) is 15.0. The molecule has 3 aromatic rings. The second kappa shape index (κ2) is 6.72. The van der Waals surface area contributed by atoms with Crippen LogP contribution in [0.25, 0.3) is 11.0 Å². The highest BCUT2D eigenvalue weighted by atomic mass is 16.2. The van der Waals surface area contributed by atoms with Gasteiger partial charge in [0, 0.05) is 44.1 Å². The van der Waals surface area contributed by atoms with E-state index in [1.54, 1.807) is 42.2 Å². The normalized spacial score (nSPS) is 15.0. The number of fused-ring (bicyclic) bond motifs is 1. The van der Waals surface area contributed by atoms with Crippen molar-refractivity contribution in [2.24, 2.45) is 7.05 Å². The van der Waals surface area contributed by atoms with Crippen LogP contribution in [0.4, 0.5) is 5.95 Å². The van der Waals surface area contributed by atoms with Crippen molar-refractivity contribution in [2.45, 2.75) is 18.9 Å². The number of terminal acetylenes is 1. The summed E-state index contributed by atoms with van der Waals surface area (Å²) in [5.41, 5.74) is 1.05. The monoisotopic (exact) mass is 361 g/mol. The van der Waals surface area contributed by atoms with Gasteiger partial charge in [0.1, 0.15) is 0 Å². The van der Waals surface area contributed by atoms with Gasteiger partial charge in [-0.05, 0) is 37.1 Å². The first-order valence-corrected chi connectivity index (χ1v) is 8.84. The van der Waals surface area contributed by atoms with E-state index < -0.39 is 11.1 Å². The van der Waals surface area contributed by atoms with Crippen molar-refractivity contribution < 1.29 is 0 Å². The van der Waals surface area contributed by atoms with Crippen LogP contribution in [0.15, 0.2) is 46.2 Å². The predicted octanol–water partition coefficient (Wildman–Crippen LogP) is 1.31. The summed E-state index contributed by atoms with van der Waals surface area (Å²) in [6.45, 7) is 1.44. The van der Waals surface area contributed by atoms with Gasteiger partial charge in [-0.2, -0.15) is 0 Å². The Morgan fingerprint density at radius 3 is 2.44 bits per heavy atom. The fourth-order valence-electron chi connectivity index (χ4n) is 3.69. The maximum Gasteiger partial charge on any atom is 0.317 e. The molecule has 2 aromatic heterocycles. The minimum Gasteiger partial charge on any atom is -0.341 e. The van der Waals surface area contributed by atoms with Crippen molar-refractivity contribution in [1.29, 1.82) is 0 Å². The first kappa shape index (κ1) is 17.0. The maximum atomic E-state index is 12.8. The summed E-state index contributed by atoms with van der Waals surface area (Å²) in [6, 6.07) is 7.14. The van der Waals surface area contributed by atoms with E-state index in [2.05, 4.69) is 20.8 Å². The Labute approximate surface area is 155 Å². The zero-order valence-corrected chi connectivity index (χ0v) is 15.0. The van der Waals surface area contributed by atoms with Gasteiger partial charge in [-0.15, -0.1) is 6.42 Å². The molecule has 1 aromatic carbocycles. The van der Waals surface area contributed by atoms with Crippen molar-refractivity contribution in [3.8, 4) is 12.3 Å². The van der Waals surface area contributed by atoms with Crippen molar-refractivity contribution in [3.05, 3.63) is 62.9 Å². The molecule has 0 spiro atoms. The van der Waals surface area contributed by atoms with Gasteiger partial charge in [0.2, 0.25) is 5.95 Å². The maximum absolute atomic E-state index is 12.8. The Morgan fingerprint density at radius 1 is 1.07 bits per heavy atom. The number of benzene rings is 1. The molecule has 0 amide bonds. The fraction of sp³-hybridized carbons (Fsp3) is 0.300. The van der Waals surface area contributed by atoms with Crippen LogP contribution in [0.5, 0.6) is 0 Å². The van der Waals surface area contributed by atoms with Crippen molar-refractivity contribution in [3.63, 3.8) is 0 Å². The molecule has 0 N–H and O–H groups in total. The molecule has 0 bridgehead atoms. The van der Waals surface area contributed by atoms with Crippen molar-refractivity contribution in [2.75, 3.05) is 18.0 Å². The summed E-state index contributed by atoms with van der Waals surface area (Å²) in [4.78, 5) is 35.9. The Morgan fingerprint density at radius 2 is 1.78 bits per heavy atom. The summed E-state index contributed by atoms with van der Waals surface area (Å²) < 4.78 is 3.02. The van der Waals surface area contributed by atoms with Crippen LogP contribution in [0.3, 0.4) is 0 Å². The van der Waals surface area contributed by atoms with Crippen LogP contribution in [0.2, 0.25) is 0 Å². The lowest BCUT2D eigenvalue weighted by atomic mass is 10.0. The van der Waals surface area contributed by atoms with E-state index >= 15 is 0 Å². The largest absolute Gasteiger partial charge is 0.341 e. The number of anilines is 1. The van der Waals surface area contributed by atoms with Gasteiger partial charge in [-0.3, -0.25) is 14.2 Å². The van der Waals surface area contributed by atoms with Crippen LogP contribution >= 0.6 is 0 Å². The molecule has 0 radical (unpaired) electrons. The summed E-state index contributed by atoms with van der Waals surface area (Å²) >= 11 is 0. The van der Waals surface area contributed by atoms with Crippen LogP contribution < -0.4 is 16.0 Å². The third kappa shape index (κ3) is 2.89. The Hall–Kier alpha value is -3.40. The molecule has 27 heavy (non-hydrogen) atoms. The van der Waals surface area contributed by atoms with Gasteiger partial charge < -0.3 is 9.47 Å². The van der Waals surface area contributed by atoms with Gasteiger partial charge in [-0.1, -0.05) is 5.92 Å². The van der Waals surface area contributed by atoms with E-state index in [9.17, 15) is 9.59 Å². The lowest BCUT2D eigenvalue weighted by molar-refractivity contribution is 0.391. The molecule has 1 aliphatic heterocycles. The molecule has 1 aliphatic rings. The van der Waals surface area contributed by atoms with Gasteiger partial charge >= 0.3 is 11.1 Å². The summed E-state index contributed by atoms with van der Waals surface area (Å²) in [5, 5.41) is 0. The molecule has 0 saturated carbocycles. The highest BCUT2D eigenvalue weighted by molar-refractivity contribution is 5.77. The molecule has 3 heterocycles. The molecule has 0 atom stereocenters. The van der Waals surface area contributed by atoms with E-state index in [4.69, 9.17) is 6.42 Å². The third-order valence-electron chi connectivity index (χ3n) is 5.13. The Kier molecular flexibility index (Phi) is 4.24. The minimum atomic E-state index is -0.537. The predicted molar refractivity (Wildman–Crippen MR) is 104 cm³/mol. The van der Waals surface area contributed by atoms with E-state index in [0.717, 1.165) is 31.4 Å². The van der Waals surface area contributed by atoms with Crippen molar-refractivity contribution in [1.82, 2.24) is 19.1 Å². The molecular weight excluding hydrogens is 342 g/mol. The van der Waals surface area contributed by atoms with Gasteiger partial charge in [0.25, 0.3) is 0 Å². The minimum absolute atomic E-state index is 0.0504. The highest BCUT2D eigenvalue weighted by Gasteiger charge is 2.25. The summed E-state index contributed by atoms with van der Waals surface area (Å²) in [7, 11) is 1.60. The average Bonchev–Trinajstić information content (AvgIpc) is 2.73. The number of hydrogen-bond donors (Lipinski definition) is 0. The number of aryl methyl sites for hydroxylation is 1. The molecule has 0 unspecified atom stereocenters.